The van der Waals surface area contributed by atoms with Crippen molar-refractivity contribution in [3.63, 3.8) is 0 Å². The molecule has 0 heterocycles. The first-order valence-electron chi connectivity index (χ1n) is 5.50. The Labute approximate surface area is 97.3 Å². The van der Waals surface area contributed by atoms with Crippen LogP contribution in [0.2, 0.25) is 0 Å². The van der Waals surface area contributed by atoms with Gasteiger partial charge in [0.2, 0.25) is 0 Å². The van der Waals surface area contributed by atoms with E-state index in [2.05, 4.69) is 11.6 Å². The average molecular weight is 251 g/mol. The molecule has 0 aliphatic heterocycles. The monoisotopic (exact) mass is 251 g/mol. The molecule has 0 aromatic rings. The lowest BCUT2D eigenvalue weighted by Gasteiger charge is -2.12. The van der Waals surface area contributed by atoms with Gasteiger partial charge in [0.15, 0.2) is 0 Å². The molecule has 3 nitrogen and oxygen atoms in total. The van der Waals surface area contributed by atoms with Gasteiger partial charge in [-0.1, -0.05) is 6.92 Å². The summed E-state index contributed by atoms with van der Waals surface area (Å²) in [4.78, 5) is 0. The number of hydrogen-bond donors (Lipinski definition) is 1. The fourth-order valence-electron chi connectivity index (χ4n) is 1.47. The minimum absolute atomic E-state index is 0.266. The Kier molecular flexibility index (Phi) is 4.93. The fraction of sp³-hybridized carbons (Fsp3) is 1.00. The van der Waals surface area contributed by atoms with E-state index in [0.717, 1.165) is 19.5 Å². The molecule has 5 heteroatoms. The van der Waals surface area contributed by atoms with Crippen molar-refractivity contribution in [2.45, 2.75) is 30.9 Å². The fourth-order valence-corrected chi connectivity index (χ4v) is 3.10. The smallest absolute Gasteiger partial charge is 0.150 e. The molecule has 1 fully saturated rings. The number of rotatable bonds is 8. The van der Waals surface area contributed by atoms with Gasteiger partial charge in [0.05, 0.1) is 5.75 Å². The highest BCUT2D eigenvalue weighted by Crippen LogP contribution is 2.46. The molecule has 0 atom stereocenters. The van der Waals surface area contributed by atoms with Gasteiger partial charge in [-0.3, -0.25) is 0 Å². The minimum atomic E-state index is -2.77. The molecule has 0 radical (unpaired) electrons. The summed E-state index contributed by atoms with van der Waals surface area (Å²) in [7, 11) is -2.77. The molecule has 1 N–H and O–H groups in total. The summed E-state index contributed by atoms with van der Waals surface area (Å²) in [6, 6.07) is 0. The van der Waals surface area contributed by atoms with Crippen LogP contribution in [0.25, 0.3) is 0 Å². The number of hydrogen-bond acceptors (Lipinski definition) is 4. The van der Waals surface area contributed by atoms with E-state index in [4.69, 9.17) is 0 Å². The SMILES string of the molecule is CCS(=O)(=O)CCCNCC1(SC)CC1. The summed E-state index contributed by atoms with van der Waals surface area (Å²) >= 11 is 1.93. The topological polar surface area (TPSA) is 46.2 Å². The third kappa shape index (κ3) is 4.74. The maximum absolute atomic E-state index is 11.2. The number of sulfone groups is 1. The lowest BCUT2D eigenvalue weighted by atomic mass is 10.4. The maximum Gasteiger partial charge on any atom is 0.150 e. The van der Waals surface area contributed by atoms with Gasteiger partial charge in [-0.25, -0.2) is 8.42 Å². The summed E-state index contributed by atoms with van der Waals surface area (Å²) in [5.41, 5.74) is 0. The van der Waals surface area contributed by atoms with Gasteiger partial charge in [0, 0.05) is 17.0 Å². The predicted molar refractivity (Wildman–Crippen MR) is 67.3 cm³/mol. The first-order valence-corrected chi connectivity index (χ1v) is 8.54. The number of nitrogens with one attached hydrogen (secondary N) is 1. The number of thioether (sulfide) groups is 1. The van der Waals surface area contributed by atoms with E-state index in [1.54, 1.807) is 6.92 Å². The molecular weight excluding hydrogens is 230 g/mol. The summed E-state index contributed by atoms with van der Waals surface area (Å²) in [5.74, 6) is 0.588. The van der Waals surface area contributed by atoms with Crippen molar-refractivity contribution in [2.24, 2.45) is 0 Å². The zero-order chi connectivity index (χ0) is 11.4. The second-order valence-corrected chi connectivity index (χ2v) is 7.90. The molecule has 1 aliphatic rings. The van der Waals surface area contributed by atoms with E-state index in [-0.39, 0.29) is 5.75 Å². The Morgan fingerprint density at radius 2 is 2.07 bits per heavy atom. The zero-order valence-corrected chi connectivity index (χ0v) is 11.2. The highest BCUT2D eigenvalue weighted by molar-refractivity contribution is 8.00. The molecular formula is C10H21NO2S2. The first-order chi connectivity index (χ1) is 7.04. The lowest BCUT2D eigenvalue weighted by Crippen LogP contribution is -2.28. The Bertz CT molecular complexity index is 284. The van der Waals surface area contributed by atoms with E-state index in [9.17, 15) is 8.42 Å². The van der Waals surface area contributed by atoms with E-state index < -0.39 is 9.84 Å². The van der Waals surface area contributed by atoms with Crippen molar-refractivity contribution in [3.8, 4) is 0 Å². The van der Waals surface area contributed by atoms with Gasteiger partial charge in [0.1, 0.15) is 9.84 Å². The van der Waals surface area contributed by atoms with Crippen molar-refractivity contribution in [3.05, 3.63) is 0 Å². The highest BCUT2D eigenvalue weighted by atomic mass is 32.2. The van der Waals surface area contributed by atoms with Gasteiger partial charge in [0.25, 0.3) is 0 Å². The van der Waals surface area contributed by atoms with Crippen LogP contribution in [0, 0.1) is 0 Å². The van der Waals surface area contributed by atoms with E-state index in [1.807, 2.05) is 11.8 Å². The minimum Gasteiger partial charge on any atom is -0.315 e. The second kappa shape index (κ2) is 5.55. The molecule has 1 rings (SSSR count). The molecule has 0 unspecified atom stereocenters. The molecule has 1 saturated carbocycles. The van der Waals surface area contributed by atoms with Gasteiger partial charge in [-0.15, -0.1) is 0 Å². The van der Waals surface area contributed by atoms with Gasteiger partial charge < -0.3 is 5.32 Å². The van der Waals surface area contributed by atoms with Gasteiger partial charge >= 0.3 is 0 Å². The van der Waals surface area contributed by atoms with Crippen molar-refractivity contribution in [2.75, 3.05) is 30.9 Å². The largest absolute Gasteiger partial charge is 0.315 e. The molecule has 0 bridgehead atoms. The maximum atomic E-state index is 11.2. The predicted octanol–water partition coefficient (Wildman–Crippen LogP) is 1.30. The Balaban J connectivity index is 2.03. The quantitative estimate of drug-likeness (QED) is 0.661. The van der Waals surface area contributed by atoms with Gasteiger partial charge in [-0.2, -0.15) is 11.8 Å². The Hall–Kier alpha value is 0.260. The van der Waals surface area contributed by atoms with Crippen molar-refractivity contribution in [1.29, 1.82) is 0 Å². The molecule has 15 heavy (non-hydrogen) atoms. The molecule has 0 aromatic carbocycles. The van der Waals surface area contributed by atoms with Crippen LogP contribution in [0.3, 0.4) is 0 Å². The molecule has 0 saturated heterocycles. The molecule has 1 aliphatic carbocycles. The standard InChI is InChI=1S/C10H21NO2S2/c1-3-15(12,13)8-4-7-11-9-10(14-2)5-6-10/h11H,3-9H2,1-2H3. The zero-order valence-electron chi connectivity index (χ0n) is 9.58. The van der Waals surface area contributed by atoms with Crippen LogP contribution in [0.5, 0.6) is 0 Å². The second-order valence-electron chi connectivity index (χ2n) is 4.15. The normalized spacial score (nSPS) is 19.1. The van der Waals surface area contributed by atoms with Gasteiger partial charge in [-0.05, 0) is 32.1 Å². The summed E-state index contributed by atoms with van der Waals surface area (Å²) in [6.45, 7) is 3.55. The highest BCUT2D eigenvalue weighted by Gasteiger charge is 2.41. The van der Waals surface area contributed by atoms with Crippen LogP contribution in [-0.2, 0) is 9.84 Å². The third-order valence-electron chi connectivity index (χ3n) is 2.94. The first kappa shape index (κ1) is 13.3. The van der Waals surface area contributed by atoms with E-state index >= 15 is 0 Å². The third-order valence-corrected chi connectivity index (χ3v) is 6.15. The average Bonchev–Trinajstić information content (AvgIpc) is 2.98. The van der Waals surface area contributed by atoms with E-state index in [1.165, 1.54) is 12.8 Å². The summed E-state index contributed by atoms with van der Waals surface area (Å²) in [6.07, 6.45) is 5.49. The molecule has 0 aromatic heterocycles. The van der Waals surface area contributed by atoms with Crippen LogP contribution < -0.4 is 5.32 Å². The van der Waals surface area contributed by atoms with Crippen molar-refractivity contribution >= 4 is 21.6 Å². The Morgan fingerprint density at radius 1 is 1.40 bits per heavy atom. The molecule has 0 amide bonds. The summed E-state index contributed by atoms with van der Waals surface area (Å²) in [5, 5.41) is 3.35. The molecule has 0 spiro atoms. The van der Waals surface area contributed by atoms with Crippen molar-refractivity contribution in [1.82, 2.24) is 5.32 Å². The van der Waals surface area contributed by atoms with Crippen LogP contribution in [0.1, 0.15) is 26.2 Å². The molecule has 90 valence electrons. The van der Waals surface area contributed by atoms with Crippen molar-refractivity contribution < 1.29 is 8.42 Å². The van der Waals surface area contributed by atoms with Crippen LogP contribution in [0.4, 0.5) is 0 Å². The Morgan fingerprint density at radius 3 is 2.53 bits per heavy atom. The van der Waals surface area contributed by atoms with E-state index in [0.29, 0.717) is 10.5 Å². The summed E-state index contributed by atoms with van der Waals surface area (Å²) < 4.78 is 22.9. The lowest BCUT2D eigenvalue weighted by molar-refractivity contribution is 0.588. The van der Waals surface area contributed by atoms with Crippen LogP contribution in [0.15, 0.2) is 0 Å². The van der Waals surface area contributed by atoms with Crippen LogP contribution in [-0.4, -0.2) is 44.0 Å². The van der Waals surface area contributed by atoms with Crippen LogP contribution >= 0.6 is 11.8 Å².